The van der Waals surface area contributed by atoms with E-state index in [1.165, 1.54) is 0 Å². The molecule has 2 aromatic heterocycles. The van der Waals surface area contributed by atoms with Gasteiger partial charge in [0.25, 0.3) is 5.91 Å². The van der Waals surface area contributed by atoms with E-state index in [0.717, 1.165) is 6.42 Å². The maximum absolute atomic E-state index is 11.6. The minimum atomic E-state index is -0.102. The molecule has 1 N–H and O–H groups in total. The zero-order valence-electron chi connectivity index (χ0n) is 9.50. The minimum absolute atomic E-state index is 0.102. The topological polar surface area (TPSA) is 72.7 Å². The zero-order valence-corrected chi connectivity index (χ0v) is 9.50. The zero-order chi connectivity index (χ0) is 12.1. The van der Waals surface area contributed by atoms with Crippen LogP contribution in [0.4, 0.5) is 0 Å². The molecule has 0 fully saturated rings. The van der Waals surface area contributed by atoms with E-state index in [9.17, 15) is 4.79 Å². The Kier molecular flexibility index (Phi) is 3.44. The van der Waals surface area contributed by atoms with Crippen LogP contribution in [0.1, 0.15) is 23.7 Å². The molecular weight excluding hydrogens is 218 g/mol. The Labute approximate surface area is 98.7 Å². The Hall–Kier alpha value is -2.24. The predicted octanol–water partition coefficient (Wildman–Crippen LogP) is 0.802. The van der Waals surface area contributed by atoms with Gasteiger partial charge >= 0.3 is 0 Å². The first kappa shape index (κ1) is 11.3. The van der Waals surface area contributed by atoms with Crippen molar-refractivity contribution in [1.29, 1.82) is 0 Å². The first-order chi connectivity index (χ1) is 8.31. The summed E-state index contributed by atoms with van der Waals surface area (Å²) in [7, 11) is 0. The molecule has 6 heteroatoms. The molecule has 2 aromatic rings. The monoisotopic (exact) mass is 231 g/mol. The summed E-state index contributed by atoms with van der Waals surface area (Å²) in [5.41, 5.74) is 0.551. The first-order valence-electron chi connectivity index (χ1n) is 5.40. The van der Waals surface area contributed by atoms with E-state index in [0.29, 0.717) is 17.9 Å². The van der Waals surface area contributed by atoms with Crippen molar-refractivity contribution in [3.8, 4) is 5.82 Å². The average Bonchev–Trinajstić information content (AvgIpc) is 2.90. The summed E-state index contributed by atoms with van der Waals surface area (Å²) in [6.07, 6.45) is 5.57. The minimum Gasteiger partial charge on any atom is -0.352 e. The van der Waals surface area contributed by atoms with Crippen LogP contribution in [0.25, 0.3) is 5.82 Å². The SMILES string of the molecule is CCCNC(=O)c1ccc(-n2cnnc2)nc1. The van der Waals surface area contributed by atoms with Gasteiger partial charge in [-0.15, -0.1) is 10.2 Å². The van der Waals surface area contributed by atoms with Crippen molar-refractivity contribution >= 4 is 5.91 Å². The van der Waals surface area contributed by atoms with Crippen molar-refractivity contribution < 1.29 is 4.79 Å². The lowest BCUT2D eigenvalue weighted by Crippen LogP contribution is -2.24. The van der Waals surface area contributed by atoms with Crippen molar-refractivity contribution in [1.82, 2.24) is 25.1 Å². The van der Waals surface area contributed by atoms with Gasteiger partial charge < -0.3 is 5.32 Å². The van der Waals surface area contributed by atoms with Crippen LogP contribution in [0.5, 0.6) is 0 Å². The van der Waals surface area contributed by atoms with E-state index in [1.807, 2.05) is 6.92 Å². The lowest BCUT2D eigenvalue weighted by molar-refractivity contribution is 0.0953. The largest absolute Gasteiger partial charge is 0.352 e. The van der Waals surface area contributed by atoms with Crippen LogP contribution in [0.2, 0.25) is 0 Å². The number of hydrogen-bond donors (Lipinski definition) is 1. The molecule has 0 aliphatic rings. The molecule has 0 saturated heterocycles. The second kappa shape index (κ2) is 5.20. The van der Waals surface area contributed by atoms with Gasteiger partial charge in [-0.3, -0.25) is 9.36 Å². The maximum Gasteiger partial charge on any atom is 0.252 e. The van der Waals surface area contributed by atoms with Crippen molar-refractivity contribution in [2.45, 2.75) is 13.3 Å². The van der Waals surface area contributed by atoms with E-state index in [4.69, 9.17) is 0 Å². The first-order valence-corrected chi connectivity index (χ1v) is 5.40. The summed E-state index contributed by atoms with van der Waals surface area (Å²) in [5.74, 6) is 0.580. The van der Waals surface area contributed by atoms with E-state index < -0.39 is 0 Å². The van der Waals surface area contributed by atoms with Crippen LogP contribution in [-0.4, -0.2) is 32.2 Å². The summed E-state index contributed by atoms with van der Waals surface area (Å²) in [6, 6.07) is 3.48. The van der Waals surface area contributed by atoms with Gasteiger partial charge in [-0.1, -0.05) is 6.92 Å². The number of nitrogens with one attached hydrogen (secondary N) is 1. The lowest BCUT2D eigenvalue weighted by Gasteiger charge is -2.04. The fraction of sp³-hybridized carbons (Fsp3) is 0.273. The number of carbonyl (C=O) groups excluding carboxylic acids is 1. The number of nitrogens with zero attached hydrogens (tertiary/aromatic N) is 4. The molecule has 0 bridgehead atoms. The molecule has 88 valence electrons. The Morgan fingerprint density at radius 1 is 1.35 bits per heavy atom. The maximum atomic E-state index is 11.6. The highest BCUT2D eigenvalue weighted by Crippen LogP contribution is 2.04. The quantitative estimate of drug-likeness (QED) is 0.844. The molecule has 0 atom stereocenters. The number of hydrogen-bond acceptors (Lipinski definition) is 4. The second-order valence-corrected chi connectivity index (χ2v) is 3.53. The normalized spacial score (nSPS) is 10.2. The van der Waals surface area contributed by atoms with Gasteiger partial charge in [-0.05, 0) is 18.6 Å². The summed E-state index contributed by atoms with van der Waals surface area (Å²) in [6.45, 7) is 2.68. The Morgan fingerprint density at radius 2 is 2.12 bits per heavy atom. The van der Waals surface area contributed by atoms with Gasteiger partial charge in [0.15, 0.2) is 0 Å². The second-order valence-electron chi connectivity index (χ2n) is 3.53. The predicted molar refractivity (Wildman–Crippen MR) is 61.8 cm³/mol. The van der Waals surface area contributed by atoms with Gasteiger partial charge in [-0.2, -0.15) is 0 Å². The molecule has 0 aromatic carbocycles. The van der Waals surface area contributed by atoms with Crippen LogP contribution in [0.15, 0.2) is 31.0 Å². The molecule has 0 saturated carbocycles. The van der Waals surface area contributed by atoms with Crippen molar-refractivity contribution in [2.24, 2.45) is 0 Å². The van der Waals surface area contributed by atoms with E-state index >= 15 is 0 Å². The third-order valence-electron chi connectivity index (χ3n) is 2.23. The van der Waals surface area contributed by atoms with Crippen LogP contribution < -0.4 is 5.32 Å². The molecule has 17 heavy (non-hydrogen) atoms. The molecule has 0 radical (unpaired) electrons. The number of pyridine rings is 1. The van der Waals surface area contributed by atoms with Gasteiger partial charge in [0.05, 0.1) is 5.56 Å². The van der Waals surface area contributed by atoms with E-state index in [-0.39, 0.29) is 5.91 Å². The number of amides is 1. The van der Waals surface area contributed by atoms with Crippen LogP contribution in [0, 0.1) is 0 Å². The van der Waals surface area contributed by atoms with Gasteiger partial charge in [0.2, 0.25) is 0 Å². The summed E-state index contributed by atoms with van der Waals surface area (Å²) in [5, 5.41) is 10.2. The Bertz CT molecular complexity index is 477. The van der Waals surface area contributed by atoms with Crippen LogP contribution in [0.3, 0.4) is 0 Å². The van der Waals surface area contributed by atoms with Gasteiger partial charge in [0.1, 0.15) is 18.5 Å². The van der Waals surface area contributed by atoms with E-state index in [2.05, 4.69) is 20.5 Å². The molecule has 6 nitrogen and oxygen atoms in total. The molecule has 1 amide bonds. The highest BCUT2D eigenvalue weighted by atomic mass is 16.1. The third-order valence-corrected chi connectivity index (χ3v) is 2.23. The number of rotatable bonds is 4. The lowest BCUT2D eigenvalue weighted by atomic mass is 10.2. The van der Waals surface area contributed by atoms with Crippen molar-refractivity contribution in [2.75, 3.05) is 6.54 Å². The smallest absolute Gasteiger partial charge is 0.252 e. The van der Waals surface area contributed by atoms with E-state index in [1.54, 1.807) is 35.6 Å². The average molecular weight is 231 g/mol. The number of aromatic nitrogens is 4. The Balaban J connectivity index is 2.10. The number of carbonyl (C=O) groups is 1. The summed E-state index contributed by atoms with van der Waals surface area (Å²) in [4.78, 5) is 15.8. The van der Waals surface area contributed by atoms with Crippen molar-refractivity contribution in [3.05, 3.63) is 36.5 Å². The molecule has 2 heterocycles. The summed E-state index contributed by atoms with van der Waals surface area (Å²) >= 11 is 0. The molecular formula is C11H13N5O. The molecule has 0 aliphatic heterocycles. The molecule has 2 rings (SSSR count). The molecule has 0 aliphatic carbocycles. The highest BCUT2D eigenvalue weighted by molar-refractivity contribution is 5.93. The van der Waals surface area contributed by atoms with Crippen LogP contribution in [-0.2, 0) is 0 Å². The van der Waals surface area contributed by atoms with Crippen LogP contribution >= 0.6 is 0 Å². The fourth-order valence-corrected chi connectivity index (χ4v) is 1.33. The van der Waals surface area contributed by atoms with Gasteiger partial charge in [0, 0.05) is 12.7 Å². The van der Waals surface area contributed by atoms with Crippen molar-refractivity contribution in [3.63, 3.8) is 0 Å². The third kappa shape index (κ3) is 2.66. The Morgan fingerprint density at radius 3 is 2.71 bits per heavy atom. The molecule has 0 spiro atoms. The summed E-state index contributed by atoms with van der Waals surface area (Å²) < 4.78 is 1.67. The molecule has 0 unspecified atom stereocenters. The van der Waals surface area contributed by atoms with Gasteiger partial charge in [-0.25, -0.2) is 4.98 Å². The highest BCUT2D eigenvalue weighted by Gasteiger charge is 2.05. The fourth-order valence-electron chi connectivity index (χ4n) is 1.33. The standard InChI is InChI=1S/C11H13N5O/c1-2-5-12-11(17)9-3-4-10(13-6-9)16-7-14-15-8-16/h3-4,6-8H,2,5H2,1H3,(H,12,17).